The molecule has 2 aromatic carbocycles. The van der Waals surface area contributed by atoms with Gasteiger partial charge < -0.3 is 10.2 Å². The van der Waals surface area contributed by atoms with E-state index < -0.39 is 6.04 Å². The quantitative estimate of drug-likeness (QED) is 0.731. The molecule has 2 rings (SSSR count). The zero-order valence-electron chi connectivity index (χ0n) is 17.4. The van der Waals surface area contributed by atoms with E-state index in [1.165, 1.54) is 22.3 Å². The Bertz CT molecular complexity index is 798. The fourth-order valence-corrected chi connectivity index (χ4v) is 4.02. The summed E-state index contributed by atoms with van der Waals surface area (Å²) in [6.07, 6.45) is 0. The molecule has 0 heterocycles. The molecule has 0 aliphatic heterocycles. The lowest BCUT2D eigenvalue weighted by Gasteiger charge is -2.28. The molecule has 1 N–H and O–H groups in total. The number of nitrogens with zero attached hydrogens (tertiary/aromatic N) is 1. The summed E-state index contributed by atoms with van der Waals surface area (Å²) in [6.45, 7) is 8.40. The molecule has 0 bridgehead atoms. The van der Waals surface area contributed by atoms with E-state index in [1.54, 1.807) is 30.6 Å². The Morgan fingerprint density at radius 2 is 1.57 bits per heavy atom. The number of benzene rings is 2. The molecule has 0 unspecified atom stereocenters. The topological polar surface area (TPSA) is 49.4 Å². The van der Waals surface area contributed by atoms with Gasteiger partial charge in [0.15, 0.2) is 0 Å². The maximum Gasteiger partial charge on any atom is 0.242 e. The molecule has 0 saturated heterocycles. The van der Waals surface area contributed by atoms with Crippen LogP contribution >= 0.6 is 11.8 Å². The molecule has 0 aliphatic carbocycles. The highest BCUT2D eigenvalue weighted by molar-refractivity contribution is 7.99. The number of hydrogen-bond donors (Lipinski definition) is 1. The van der Waals surface area contributed by atoms with Gasteiger partial charge in [0.1, 0.15) is 6.04 Å². The summed E-state index contributed by atoms with van der Waals surface area (Å²) >= 11 is 1.59. The second-order valence-corrected chi connectivity index (χ2v) is 8.27. The molecule has 0 spiro atoms. The maximum absolute atomic E-state index is 12.9. The fourth-order valence-electron chi connectivity index (χ4n) is 3.17. The van der Waals surface area contributed by atoms with Crippen molar-refractivity contribution in [3.05, 3.63) is 70.3 Å². The Balaban J connectivity index is 2.05. The molecule has 2 aromatic rings. The van der Waals surface area contributed by atoms with Crippen molar-refractivity contribution in [2.45, 2.75) is 46.0 Å². The van der Waals surface area contributed by atoms with Gasteiger partial charge >= 0.3 is 0 Å². The summed E-state index contributed by atoms with van der Waals surface area (Å²) in [5, 5.41) is 2.65. The summed E-state index contributed by atoms with van der Waals surface area (Å²) in [6, 6.07) is 14.0. The first-order valence-electron chi connectivity index (χ1n) is 9.51. The zero-order valence-corrected chi connectivity index (χ0v) is 18.2. The van der Waals surface area contributed by atoms with Crippen LogP contribution < -0.4 is 5.32 Å². The van der Waals surface area contributed by atoms with Crippen LogP contribution in [0.25, 0.3) is 0 Å². The van der Waals surface area contributed by atoms with Gasteiger partial charge in [0.05, 0.1) is 5.75 Å². The van der Waals surface area contributed by atoms with E-state index in [2.05, 4.69) is 37.4 Å². The minimum atomic E-state index is -0.513. The van der Waals surface area contributed by atoms with Gasteiger partial charge in [-0.25, -0.2) is 0 Å². The molecular weight excluding hydrogens is 368 g/mol. The van der Waals surface area contributed by atoms with E-state index >= 15 is 0 Å². The fraction of sp³-hybridized carbons (Fsp3) is 0.391. The maximum atomic E-state index is 12.9. The Kier molecular flexibility index (Phi) is 8.12. The van der Waals surface area contributed by atoms with Crippen molar-refractivity contribution in [1.82, 2.24) is 10.2 Å². The van der Waals surface area contributed by atoms with Crippen molar-refractivity contribution in [2.24, 2.45) is 0 Å². The summed E-state index contributed by atoms with van der Waals surface area (Å²) in [7, 11) is 1.60. The lowest BCUT2D eigenvalue weighted by atomic mass is 10.1. The molecule has 0 fully saturated rings. The van der Waals surface area contributed by atoms with Crippen molar-refractivity contribution < 1.29 is 9.59 Å². The Labute approximate surface area is 172 Å². The molecule has 1 atom stereocenters. The lowest BCUT2D eigenvalue weighted by Crippen LogP contribution is -2.47. The second-order valence-electron chi connectivity index (χ2n) is 7.29. The number of likely N-dealkylation sites (N-methyl/N-ethyl adjacent to an activating group) is 1. The highest BCUT2D eigenvalue weighted by Crippen LogP contribution is 2.18. The molecular formula is C23H30N2O2S. The van der Waals surface area contributed by atoms with Gasteiger partial charge in [-0.3, -0.25) is 9.59 Å². The minimum absolute atomic E-state index is 0.0222. The third-order valence-electron chi connectivity index (χ3n) is 4.66. The van der Waals surface area contributed by atoms with Gasteiger partial charge in [0, 0.05) is 19.3 Å². The Morgan fingerprint density at radius 1 is 0.964 bits per heavy atom. The molecule has 0 aliphatic rings. The summed E-state index contributed by atoms with van der Waals surface area (Å²) in [5.41, 5.74) is 5.88. The normalized spacial score (nSPS) is 11.8. The number of aryl methyl sites for hydroxylation is 3. The zero-order chi connectivity index (χ0) is 20.7. The molecule has 150 valence electrons. The number of thioether (sulfide) groups is 1. The van der Waals surface area contributed by atoms with Gasteiger partial charge in [-0.1, -0.05) is 59.2 Å². The standard InChI is InChI=1S/C23H30N2O2S/c1-16-6-8-20(9-7-16)13-25(19(4)23(27)24-5)22(26)15-28-14-21-11-17(2)10-18(3)12-21/h6-12,19H,13-15H2,1-5H3,(H,24,27)/t19-/m0/s1. The van der Waals surface area contributed by atoms with E-state index in [1.807, 2.05) is 31.2 Å². The van der Waals surface area contributed by atoms with Crippen LogP contribution in [0.5, 0.6) is 0 Å². The first-order valence-corrected chi connectivity index (χ1v) is 10.7. The molecule has 5 heteroatoms. The van der Waals surface area contributed by atoms with Crippen LogP contribution in [-0.4, -0.2) is 35.6 Å². The summed E-state index contributed by atoms with van der Waals surface area (Å²) in [4.78, 5) is 26.8. The predicted octanol–water partition coefficient (Wildman–Crippen LogP) is 4.01. The average molecular weight is 399 g/mol. The van der Waals surface area contributed by atoms with Gasteiger partial charge in [-0.05, 0) is 38.8 Å². The molecule has 0 saturated carbocycles. The third-order valence-corrected chi connectivity index (χ3v) is 5.65. The van der Waals surface area contributed by atoms with Gasteiger partial charge in [-0.2, -0.15) is 0 Å². The van der Waals surface area contributed by atoms with Gasteiger partial charge in [0.25, 0.3) is 0 Å². The van der Waals surface area contributed by atoms with Crippen molar-refractivity contribution in [3.63, 3.8) is 0 Å². The summed E-state index contributed by atoms with van der Waals surface area (Å²) in [5.74, 6) is 0.951. The van der Waals surface area contributed by atoms with E-state index in [0.717, 1.165) is 11.3 Å². The van der Waals surface area contributed by atoms with Crippen LogP contribution in [0.4, 0.5) is 0 Å². The minimum Gasteiger partial charge on any atom is -0.357 e. The van der Waals surface area contributed by atoms with E-state index in [0.29, 0.717) is 12.3 Å². The van der Waals surface area contributed by atoms with Gasteiger partial charge in [0.2, 0.25) is 11.8 Å². The largest absolute Gasteiger partial charge is 0.357 e. The highest BCUT2D eigenvalue weighted by atomic mass is 32.2. The molecule has 0 aromatic heterocycles. The van der Waals surface area contributed by atoms with Crippen LogP contribution in [0, 0.1) is 20.8 Å². The molecule has 4 nitrogen and oxygen atoms in total. The van der Waals surface area contributed by atoms with Gasteiger partial charge in [-0.15, -0.1) is 11.8 Å². The van der Waals surface area contributed by atoms with Crippen LogP contribution in [0.15, 0.2) is 42.5 Å². The number of rotatable bonds is 8. The molecule has 28 heavy (non-hydrogen) atoms. The highest BCUT2D eigenvalue weighted by Gasteiger charge is 2.25. The monoisotopic (exact) mass is 398 g/mol. The van der Waals surface area contributed by atoms with Crippen LogP contribution in [0.2, 0.25) is 0 Å². The number of hydrogen-bond acceptors (Lipinski definition) is 3. The van der Waals surface area contributed by atoms with Crippen molar-refractivity contribution in [2.75, 3.05) is 12.8 Å². The van der Waals surface area contributed by atoms with Crippen molar-refractivity contribution in [3.8, 4) is 0 Å². The Hall–Kier alpha value is -2.27. The number of amides is 2. The first kappa shape index (κ1) is 22.0. The Morgan fingerprint density at radius 3 is 2.14 bits per heavy atom. The second kappa shape index (κ2) is 10.3. The first-order chi connectivity index (χ1) is 13.3. The molecule has 2 amide bonds. The summed E-state index contributed by atoms with van der Waals surface area (Å²) < 4.78 is 0. The lowest BCUT2D eigenvalue weighted by molar-refractivity contribution is -0.138. The SMILES string of the molecule is CNC(=O)[C@H](C)N(Cc1ccc(C)cc1)C(=O)CSCc1cc(C)cc(C)c1. The van der Waals surface area contributed by atoms with Crippen LogP contribution in [0.3, 0.4) is 0 Å². The average Bonchev–Trinajstić information content (AvgIpc) is 2.65. The third kappa shape index (κ3) is 6.41. The predicted molar refractivity (Wildman–Crippen MR) is 117 cm³/mol. The van der Waals surface area contributed by atoms with E-state index in [4.69, 9.17) is 0 Å². The number of carbonyl (C=O) groups is 2. The van der Waals surface area contributed by atoms with Crippen molar-refractivity contribution >= 4 is 23.6 Å². The van der Waals surface area contributed by atoms with Crippen LogP contribution in [-0.2, 0) is 21.9 Å². The number of carbonyl (C=O) groups excluding carboxylic acids is 2. The number of nitrogens with one attached hydrogen (secondary N) is 1. The van der Waals surface area contributed by atoms with E-state index in [-0.39, 0.29) is 11.8 Å². The van der Waals surface area contributed by atoms with Crippen LogP contribution in [0.1, 0.15) is 34.7 Å². The van der Waals surface area contributed by atoms with E-state index in [9.17, 15) is 9.59 Å². The molecule has 0 radical (unpaired) electrons. The smallest absolute Gasteiger partial charge is 0.242 e. The van der Waals surface area contributed by atoms with Crippen molar-refractivity contribution in [1.29, 1.82) is 0 Å².